The number of aromatic nitrogens is 2. The van der Waals surface area contributed by atoms with Crippen molar-refractivity contribution in [2.75, 3.05) is 32.1 Å². The van der Waals surface area contributed by atoms with Crippen LogP contribution >= 0.6 is 0 Å². The third kappa shape index (κ3) is 4.05. The van der Waals surface area contributed by atoms with E-state index in [4.69, 9.17) is 10.5 Å². The van der Waals surface area contributed by atoms with Crippen molar-refractivity contribution in [3.05, 3.63) is 42.1 Å². The van der Waals surface area contributed by atoms with E-state index in [1.165, 1.54) is 27.2 Å². The van der Waals surface area contributed by atoms with Crippen molar-refractivity contribution in [2.45, 2.75) is 39.8 Å². The Labute approximate surface area is 183 Å². The summed E-state index contributed by atoms with van der Waals surface area (Å²) in [5, 5.41) is 8.29. The molecule has 0 fully saturated rings. The molecule has 6 heteroatoms. The van der Waals surface area contributed by atoms with Crippen molar-refractivity contribution in [3.8, 4) is 5.75 Å². The molecule has 0 aliphatic carbocycles. The molecule has 0 aliphatic heterocycles. The van der Waals surface area contributed by atoms with E-state index in [0.717, 1.165) is 54.9 Å². The Balaban J connectivity index is 1.65. The van der Waals surface area contributed by atoms with E-state index >= 15 is 0 Å². The Hall–Kier alpha value is -2.83. The van der Waals surface area contributed by atoms with Gasteiger partial charge in [0.2, 0.25) is 0 Å². The van der Waals surface area contributed by atoms with E-state index in [0.29, 0.717) is 0 Å². The van der Waals surface area contributed by atoms with Crippen LogP contribution in [0.3, 0.4) is 0 Å². The van der Waals surface area contributed by atoms with Crippen LogP contribution in [0.25, 0.3) is 32.6 Å². The Kier molecular flexibility index (Phi) is 6.30. The van der Waals surface area contributed by atoms with Gasteiger partial charge in [0.25, 0.3) is 0 Å². The highest BCUT2D eigenvalue weighted by molar-refractivity contribution is 6.15. The summed E-state index contributed by atoms with van der Waals surface area (Å²) >= 11 is 0. The molecule has 2 heterocycles. The number of nitrogens with one attached hydrogen (secondary N) is 2. The summed E-state index contributed by atoms with van der Waals surface area (Å²) in [6.45, 7) is 9.29. The molecule has 1 atom stereocenters. The lowest BCUT2D eigenvalue weighted by Crippen LogP contribution is -2.42. The van der Waals surface area contributed by atoms with Gasteiger partial charge in [-0.1, -0.05) is 13.8 Å². The second kappa shape index (κ2) is 9.12. The fourth-order valence-electron chi connectivity index (χ4n) is 4.44. The molecule has 6 nitrogen and oxygen atoms in total. The minimum absolute atomic E-state index is 0.135. The van der Waals surface area contributed by atoms with Crippen LogP contribution in [-0.2, 0) is 0 Å². The summed E-state index contributed by atoms with van der Waals surface area (Å²) in [5.74, 6) is 1.80. The van der Waals surface area contributed by atoms with E-state index in [9.17, 15) is 0 Å². The molecule has 0 spiro atoms. The summed E-state index contributed by atoms with van der Waals surface area (Å²) in [4.78, 5) is 10.6. The molecule has 4 rings (SSSR count). The molecule has 31 heavy (non-hydrogen) atoms. The second-order valence-corrected chi connectivity index (χ2v) is 8.10. The van der Waals surface area contributed by atoms with Gasteiger partial charge in [0.15, 0.2) is 0 Å². The summed E-state index contributed by atoms with van der Waals surface area (Å²) in [7, 11) is 1.70. The molecular weight excluding hydrogens is 386 g/mol. The van der Waals surface area contributed by atoms with Crippen LogP contribution in [0.15, 0.2) is 36.5 Å². The number of aromatic amines is 1. The lowest BCUT2D eigenvalue weighted by atomic mass is 10.0. The predicted molar refractivity (Wildman–Crippen MR) is 131 cm³/mol. The average Bonchev–Trinajstić information content (AvgIpc) is 3.17. The standard InChI is InChI=1S/C25H33N5O/c1-5-23(26)30(6-2)13-7-11-27-25-21-15-20-19-14-17(31-4)8-9-22(19)29-24(20)16(3)18(21)10-12-28-25/h8-10,12,14-15,23,29H,5-7,11,13,26H2,1-4H3,(H,27,28). The molecule has 0 radical (unpaired) electrons. The molecule has 4 aromatic rings. The minimum atomic E-state index is 0.135. The Bertz CT molecular complexity index is 1200. The van der Waals surface area contributed by atoms with Gasteiger partial charge in [0.1, 0.15) is 11.6 Å². The number of ether oxygens (including phenoxy) is 1. The molecule has 164 valence electrons. The molecule has 2 aromatic carbocycles. The first-order valence-corrected chi connectivity index (χ1v) is 11.2. The van der Waals surface area contributed by atoms with Crippen LogP contribution in [0.5, 0.6) is 5.75 Å². The van der Waals surface area contributed by atoms with Crippen LogP contribution < -0.4 is 15.8 Å². The van der Waals surface area contributed by atoms with Gasteiger partial charge < -0.3 is 20.8 Å². The molecule has 0 aliphatic rings. The first-order valence-electron chi connectivity index (χ1n) is 11.2. The topological polar surface area (TPSA) is 79.2 Å². The normalized spacial score (nSPS) is 12.8. The van der Waals surface area contributed by atoms with Crippen molar-refractivity contribution in [2.24, 2.45) is 5.73 Å². The van der Waals surface area contributed by atoms with Gasteiger partial charge in [-0.05, 0) is 67.6 Å². The predicted octanol–water partition coefficient (Wildman–Crippen LogP) is 5.01. The van der Waals surface area contributed by atoms with E-state index < -0.39 is 0 Å². The van der Waals surface area contributed by atoms with Crippen LogP contribution in [-0.4, -0.2) is 47.8 Å². The number of rotatable bonds is 9. The highest BCUT2D eigenvalue weighted by atomic mass is 16.5. The van der Waals surface area contributed by atoms with Crippen molar-refractivity contribution >= 4 is 38.4 Å². The number of hydrogen-bond donors (Lipinski definition) is 3. The van der Waals surface area contributed by atoms with E-state index in [2.05, 4.69) is 65.2 Å². The van der Waals surface area contributed by atoms with Crippen LogP contribution in [0.1, 0.15) is 32.3 Å². The summed E-state index contributed by atoms with van der Waals surface area (Å²) < 4.78 is 5.45. The Morgan fingerprint density at radius 3 is 2.71 bits per heavy atom. The average molecular weight is 420 g/mol. The highest BCUT2D eigenvalue weighted by Gasteiger charge is 2.14. The van der Waals surface area contributed by atoms with Crippen molar-refractivity contribution in [3.63, 3.8) is 0 Å². The zero-order chi connectivity index (χ0) is 22.0. The number of H-pyrrole nitrogens is 1. The number of nitrogens with two attached hydrogens (primary N) is 1. The third-order valence-corrected chi connectivity index (χ3v) is 6.31. The van der Waals surface area contributed by atoms with Crippen LogP contribution in [0.4, 0.5) is 5.82 Å². The fourth-order valence-corrected chi connectivity index (χ4v) is 4.44. The number of methoxy groups -OCH3 is 1. The largest absolute Gasteiger partial charge is 0.497 e. The number of nitrogens with zero attached hydrogens (tertiary/aromatic N) is 2. The van der Waals surface area contributed by atoms with Crippen molar-refractivity contribution < 1.29 is 4.74 Å². The van der Waals surface area contributed by atoms with Crippen LogP contribution in [0, 0.1) is 6.92 Å². The van der Waals surface area contributed by atoms with Crippen LogP contribution in [0.2, 0.25) is 0 Å². The van der Waals surface area contributed by atoms with Gasteiger partial charge in [0.05, 0.1) is 18.8 Å². The zero-order valence-corrected chi connectivity index (χ0v) is 19.0. The smallest absolute Gasteiger partial charge is 0.133 e. The second-order valence-electron chi connectivity index (χ2n) is 8.10. The van der Waals surface area contributed by atoms with E-state index in [1.54, 1.807) is 7.11 Å². The van der Waals surface area contributed by atoms with Gasteiger partial charge in [-0.25, -0.2) is 4.98 Å². The van der Waals surface area contributed by atoms with Gasteiger partial charge >= 0.3 is 0 Å². The maximum atomic E-state index is 6.20. The summed E-state index contributed by atoms with van der Waals surface area (Å²) in [6, 6.07) is 10.5. The maximum absolute atomic E-state index is 6.20. The molecule has 0 bridgehead atoms. The number of hydrogen-bond acceptors (Lipinski definition) is 5. The zero-order valence-electron chi connectivity index (χ0n) is 19.0. The molecule has 1 unspecified atom stereocenters. The number of fused-ring (bicyclic) bond motifs is 4. The monoisotopic (exact) mass is 419 g/mol. The number of anilines is 1. The molecule has 0 amide bonds. The third-order valence-electron chi connectivity index (χ3n) is 6.31. The number of benzene rings is 2. The molecule has 4 N–H and O–H groups in total. The van der Waals surface area contributed by atoms with Gasteiger partial charge in [-0.2, -0.15) is 0 Å². The Morgan fingerprint density at radius 1 is 1.13 bits per heavy atom. The SMILES string of the molecule is CCC(N)N(CC)CCCNc1nccc2c(C)c3[nH]c4ccc(OC)cc4c3cc12. The molecule has 2 aromatic heterocycles. The first-order chi connectivity index (χ1) is 15.1. The minimum Gasteiger partial charge on any atom is -0.497 e. The number of aryl methyl sites for hydroxylation is 1. The summed E-state index contributed by atoms with van der Waals surface area (Å²) in [5.41, 5.74) is 9.72. The van der Waals surface area contributed by atoms with Gasteiger partial charge in [0, 0.05) is 41.0 Å². The van der Waals surface area contributed by atoms with E-state index in [1.807, 2.05) is 12.3 Å². The summed E-state index contributed by atoms with van der Waals surface area (Å²) in [6.07, 6.45) is 4.01. The number of pyridine rings is 1. The van der Waals surface area contributed by atoms with E-state index in [-0.39, 0.29) is 6.17 Å². The molecular formula is C25H33N5O. The maximum Gasteiger partial charge on any atom is 0.133 e. The quantitative estimate of drug-likeness (QED) is 0.263. The first kappa shape index (κ1) is 21.4. The molecule has 0 saturated heterocycles. The van der Waals surface area contributed by atoms with Crippen molar-refractivity contribution in [1.82, 2.24) is 14.9 Å². The molecule has 0 saturated carbocycles. The van der Waals surface area contributed by atoms with Gasteiger partial charge in [-0.15, -0.1) is 0 Å². The van der Waals surface area contributed by atoms with Crippen molar-refractivity contribution in [1.29, 1.82) is 0 Å². The highest BCUT2D eigenvalue weighted by Crippen LogP contribution is 2.36. The Morgan fingerprint density at radius 2 is 1.97 bits per heavy atom. The lowest BCUT2D eigenvalue weighted by molar-refractivity contribution is 0.204. The lowest BCUT2D eigenvalue weighted by Gasteiger charge is -2.26. The fraction of sp³-hybridized carbons (Fsp3) is 0.400. The van der Waals surface area contributed by atoms with Gasteiger partial charge in [-0.3, -0.25) is 4.90 Å².